The number of halogens is 4. The fourth-order valence-electron chi connectivity index (χ4n) is 2.99. The molecular formula is C16H21F4N. The van der Waals surface area contributed by atoms with E-state index in [1.807, 2.05) is 13.8 Å². The predicted molar refractivity (Wildman–Crippen MR) is 76.0 cm³/mol. The van der Waals surface area contributed by atoms with Crippen molar-refractivity contribution in [2.24, 2.45) is 5.92 Å². The van der Waals surface area contributed by atoms with Crippen LogP contribution in [0.25, 0.3) is 0 Å². The van der Waals surface area contributed by atoms with E-state index in [1.54, 1.807) is 13.0 Å². The van der Waals surface area contributed by atoms with Crippen LogP contribution in [0.2, 0.25) is 0 Å². The molecule has 1 aliphatic carbocycles. The van der Waals surface area contributed by atoms with Crippen molar-refractivity contribution < 1.29 is 17.6 Å². The number of rotatable bonds is 4. The van der Waals surface area contributed by atoms with Crippen LogP contribution in [0, 0.1) is 18.7 Å². The van der Waals surface area contributed by atoms with Crippen LogP contribution in [0.5, 0.6) is 0 Å². The molecule has 0 aromatic heterocycles. The first-order chi connectivity index (χ1) is 9.70. The van der Waals surface area contributed by atoms with Crippen LogP contribution in [-0.2, 0) is 0 Å². The first-order valence-electron chi connectivity index (χ1n) is 7.33. The van der Waals surface area contributed by atoms with Gasteiger partial charge in [0.1, 0.15) is 11.9 Å². The second kappa shape index (κ2) is 5.85. The van der Waals surface area contributed by atoms with E-state index in [0.717, 1.165) is 6.42 Å². The minimum absolute atomic E-state index is 0.00379. The quantitative estimate of drug-likeness (QED) is 0.734. The zero-order valence-corrected chi connectivity index (χ0v) is 12.5. The lowest BCUT2D eigenvalue weighted by molar-refractivity contribution is -0.159. The van der Waals surface area contributed by atoms with Gasteiger partial charge in [-0.1, -0.05) is 20.3 Å². The molecule has 1 saturated carbocycles. The van der Waals surface area contributed by atoms with E-state index in [-0.39, 0.29) is 11.6 Å². The van der Waals surface area contributed by atoms with Gasteiger partial charge < -0.3 is 5.32 Å². The predicted octanol–water partition coefficient (Wildman–Crippen LogP) is 5.40. The molecule has 2 rings (SSSR count). The Balaban J connectivity index is 2.25. The van der Waals surface area contributed by atoms with Gasteiger partial charge in [0.25, 0.3) is 0 Å². The molecule has 1 fully saturated rings. The summed E-state index contributed by atoms with van der Waals surface area (Å²) in [6.45, 7) is 5.46. The Morgan fingerprint density at radius 1 is 1.19 bits per heavy atom. The topological polar surface area (TPSA) is 12.0 Å². The monoisotopic (exact) mass is 303 g/mol. The van der Waals surface area contributed by atoms with Crippen LogP contribution in [-0.4, -0.2) is 12.2 Å². The van der Waals surface area contributed by atoms with Gasteiger partial charge in [0, 0.05) is 5.69 Å². The summed E-state index contributed by atoms with van der Waals surface area (Å²) in [5, 5.41) is 2.50. The maximum atomic E-state index is 14.1. The molecule has 0 heterocycles. The highest BCUT2D eigenvalue weighted by Crippen LogP contribution is 2.39. The fourth-order valence-corrected chi connectivity index (χ4v) is 2.99. The van der Waals surface area contributed by atoms with Crippen molar-refractivity contribution in [1.82, 2.24) is 0 Å². The van der Waals surface area contributed by atoms with Crippen molar-refractivity contribution >= 4 is 5.69 Å². The minimum Gasteiger partial charge on any atom is -0.374 e. The van der Waals surface area contributed by atoms with Gasteiger partial charge >= 0.3 is 6.18 Å². The Kier molecular flexibility index (Phi) is 4.49. The van der Waals surface area contributed by atoms with Gasteiger partial charge in [-0.3, -0.25) is 0 Å². The highest BCUT2D eigenvalue weighted by molar-refractivity contribution is 5.51. The van der Waals surface area contributed by atoms with Crippen molar-refractivity contribution in [2.45, 2.75) is 58.2 Å². The maximum Gasteiger partial charge on any atom is 0.408 e. The van der Waals surface area contributed by atoms with Crippen LogP contribution < -0.4 is 5.32 Å². The highest BCUT2D eigenvalue weighted by atomic mass is 19.4. The number of benzene rings is 1. The van der Waals surface area contributed by atoms with Crippen LogP contribution >= 0.6 is 0 Å². The molecule has 0 amide bonds. The standard InChI is InChI=1S/C16H21F4N/c1-9(2)14-10(3)7-12(8-13(14)17)21-15(16(18,19)20)11-5-4-6-11/h7-9,11,15,21H,4-6H2,1-3H3. The third-order valence-electron chi connectivity index (χ3n) is 4.21. The Morgan fingerprint density at radius 2 is 1.81 bits per heavy atom. The molecule has 1 unspecified atom stereocenters. The molecule has 1 aliphatic rings. The van der Waals surface area contributed by atoms with Gasteiger partial charge in [-0.2, -0.15) is 13.2 Å². The van der Waals surface area contributed by atoms with Crippen molar-refractivity contribution in [1.29, 1.82) is 0 Å². The number of hydrogen-bond donors (Lipinski definition) is 1. The van der Waals surface area contributed by atoms with Gasteiger partial charge in [-0.15, -0.1) is 0 Å². The lowest BCUT2D eigenvalue weighted by Gasteiger charge is -2.36. The normalized spacial score (nSPS) is 17.7. The molecule has 0 aliphatic heterocycles. The second-order valence-electron chi connectivity index (χ2n) is 6.20. The molecule has 0 bridgehead atoms. The molecule has 21 heavy (non-hydrogen) atoms. The van der Waals surface area contributed by atoms with Gasteiger partial charge in [0.15, 0.2) is 0 Å². The van der Waals surface area contributed by atoms with Gasteiger partial charge in [0.2, 0.25) is 0 Å². The summed E-state index contributed by atoms with van der Waals surface area (Å²) in [5.74, 6) is -0.843. The molecule has 1 aromatic rings. The molecule has 1 nitrogen and oxygen atoms in total. The van der Waals surface area contributed by atoms with Crippen molar-refractivity contribution in [2.75, 3.05) is 5.32 Å². The first-order valence-corrected chi connectivity index (χ1v) is 7.33. The maximum absolute atomic E-state index is 14.1. The van der Waals surface area contributed by atoms with Gasteiger partial charge in [0.05, 0.1) is 0 Å². The third kappa shape index (κ3) is 3.50. The van der Waals surface area contributed by atoms with Gasteiger partial charge in [-0.25, -0.2) is 4.39 Å². The van der Waals surface area contributed by atoms with Crippen LogP contribution in [0.1, 0.15) is 50.2 Å². The SMILES string of the molecule is Cc1cc(NC(C2CCC2)C(F)(F)F)cc(F)c1C(C)C. The lowest BCUT2D eigenvalue weighted by Crippen LogP contribution is -2.45. The largest absolute Gasteiger partial charge is 0.408 e. The Hall–Kier alpha value is -1.26. The minimum atomic E-state index is -4.31. The van der Waals surface area contributed by atoms with Crippen molar-refractivity contribution in [3.05, 3.63) is 29.1 Å². The zero-order valence-electron chi connectivity index (χ0n) is 12.5. The molecule has 5 heteroatoms. The number of anilines is 1. The number of alkyl halides is 3. The molecule has 0 saturated heterocycles. The number of nitrogens with one attached hydrogen (secondary N) is 1. The Labute approximate surface area is 122 Å². The first kappa shape index (κ1) is 16.1. The Morgan fingerprint density at radius 3 is 2.19 bits per heavy atom. The summed E-state index contributed by atoms with van der Waals surface area (Å²) in [7, 11) is 0. The van der Waals surface area contributed by atoms with Crippen molar-refractivity contribution in [3.8, 4) is 0 Å². The van der Waals surface area contributed by atoms with Crippen molar-refractivity contribution in [3.63, 3.8) is 0 Å². The van der Waals surface area contributed by atoms with E-state index >= 15 is 0 Å². The highest BCUT2D eigenvalue weighted by Gasteiger charge is 2.46. The van der Waals surface area contributed by atoms with E-state index in [0.29, 0.717) is 24.0 Å². The fraction of sp³-hybridized carbons (Fsp3) is 0.625. The van der Waals surface area contributed by atoms with E-state index < -0.39 is 24.0 Å². The smallest absolute Gasteiger partial charge is 0.374 e. The summed E-state index contributed by atoms with van der Waals surface area (Å²) < 4.78 is 53.5. The third-order valence-corrected chi connectivity index (χ3v) is 4.21. The average Bonchev–Trinajstić information content (AvgIpc) is 2.22. The molecule has 0 spiro atoms. The Bertz CT molecular complexity index is 480. The molecule has 118 valence electrons. The van der Waals surface area contributed by atoms with E-state index in [9.17, 15) is 17.6 Å². The summed E-state index contributed by atoms with van der Waals surface area (Å²) in [6.07, 6.45) is -2.34. The summed E-state index contributed by atoms with van der Waals surface area (Å²) in [4.78, 5) is 0. The van der Waals surface area contributed by atoms with Crippen LogP contribution in [0.3, 0.4) is 0 Å². The average molecular weight is 303 g/mol. The summed E-state index contributed by atoms with van der Waals surface area (Å²) in [5.41, 5.74) is 1.46. The summed E-state index contributed by atoms with van der Waals surface area (Å²) >= 11 is 0. The number of aryl methyl sites for hydroxylation is 1. The van der Waals surface area contributed by atoms with Crippen LogP contribution in [0.4, 0.5) is 23.2 Å². The number of hydrogen-bond acceptors (Lipinski definition) is 1. The lowest BCUT2D eigenvalue weighted by atomic mass is 9.79. The zero-order chi connectivity index (χ0) is 15.8. The van der Waals surface area contributed by atoms with E-state index in [2.05, 4.69) is 5.32 Å². The van der Waals surface area contributed by atoms with Gasteiger partial charge in [-0.05, 0) is 54.9 Å². The molecule has 0 radical (unpaired) electrons. The van der Waals surface area contributed by atoms with E-state index in [1.165, 1.54) is 6.07 Å². The molecule has 1 atom stereocenters. The summed E-state index contributed by atoms with van der Waals surface area (Å²) in [6, 6.07) is 1.20. The van der Waals surface area contributed by atoms with E-state index in [4.69, 9.17) is 0 Å². The molecule has 1 N–H and O–H groups in total. The molecular weight excluding hydrogens is 282 g/mol. The molecule has 1 aromatic carbocycles. The van der Waals surface area contributed by atoms with Crippen LogP contribution in [0.15, 0.2) is 12.1 Å². The second-order valence-corrected chi connectivity index (χ2v) is 6.20.